The van der Waals surface area contributed by atoms with E-state index in [-0.39, 0.29) is 11.7 Å². The van der Waals surface area contributed by atoms with Crippen molar-refractivity contribution < 1.29 is 18.8 Å². The molecule has 2 aromatic heterocycles. The van der Waals surface area contributed by atoms with Crippen LogP contribution in [0.5, 0.6) is 0 Å². The molecule has 0 spiro atoms. The third-order valence-electron chi connectivity index (χ3n) is 4.60. The third-order valence-corrected chi connectivity index (χ3v) is 4.60. The van der Waals surface area contributed by atoms with Crippen molar-refractivity contribution in [2.24, 2.45) is 0 Å². The molecule has 0 radical (unpaired) electrons. The molecule has 1 N–H and O–H groups in total. The van der Waals surface area contributed by atoms with Gasteiger partial charge in [-0.05, 0) is 38.1 Å². The number of benzene rings is 1. The Bertz CT molecular complexity index is 826. The second-order valence-corrected chi connectivity index (χ2v) is 6.22. The molecule has 6 nitrogen and oxygen atoms in total. The van der Waals surface area contributed by atoms with Crippen molar-refractivity contribution in [3.63, 3.8) is 0 Å². The topological polar surface area (TPSA) is 79.7 Å². The van der Waals surface area contributed by atoms with Crippen LogP contribution < -0.4 is 0 Å². The molecule has 124 valence electrons. The number of piperidine rings is 1. The Labute approximate surface area is 138 Å². The Kier molecular flexibility index (Phi) is 3.82. The van der Waals surface area contributed by atoms with Gasteiger partial charge < -0.3 is 14.0 Å². The summed E-state index contributed by atoms with van der Waals surface area (Å²) in [4.78, 5) is 13.2. The number of hydrogen-bond acceptors (Lipinski definition) is 5. The van der Waals surface area contributed by atoms with E-state index in [2.05, 4.69) is 22.2 Å². The summed E-state index contributed by atoms with van der Waals surface area (Å²) in [5.41, 5.74) is 1.67. The minimum Gasteiger partial charge on any atom is -0.475 e. The Morgan fingerprint density at radius 1 is 1.25 bits per heavy atom. The number of carboxylic acid groups (broad SMARTS) is 1. The summed E-state index contributed by atoms with van der Waals surface area (Å²) in [5.74, 6) is 0.0730. The molecule has 1 aliphatic rings. The minimum absolute atomic E-state index is 0.0882. The van der Waals surface area contributed by atoms with Gasteiger partial charge in [-0.15, -0.1) is 0 Å². The molecule has 3 heterocycles. The number of para-hydroxylation sites is 1. The van der Waals surface area contributed by atoms with Crippen molar-refractivity contribution in [1.29, 1.82) is 0 Å². The van der Waals surface area contributed by atoms with Gasteiger partial charge >= 0.3 is 5.97 Å². The van der Waals surface area contributed by atoms with Crippen LogP contribution in [0.2, 0.25) is 0 Å². The molecule has 0 saturated carbocycles. The molecule has 3 aromatic rings. The average molecular weight is 326 g/mol. The summed E-state index contributed by atoms with van der Waals surface area (Å²) in [6, 6.07) is 11.7. The summed E-state index contributed by atoms with van der Waals surface area (Å²) in [5, 5.41) is 13.9. The van der Waals surface area contributed by atoms with Crippen LogP contribution in [0, 0.1) is 0 Å². The van der Waals surface area contributed by atoms with Crippen molar-refractivity contribution in [3.05, 3.63) is 53.6 Å². The monoisotopic (exact) mass is 326 g/mol. The fourth-order valence-corrected chi connectivity index (χ4v) is 3.30. The third kappa shape index (κ3) is 2.92. The molecule has 1 aromatic carbocycles. The van der Waals surface area contributed by atoms with Gasteiger partial charge in [0.2, 0.25) is 5.76 Å². The number of aromatic nitrogens is 1. The molecular formula is C18H18N2O4. The van der Waals surface area contributed by atoms with E-state index < -0.39 is 5.97 Å². The molecule has 0 bridgehead atoms. The number of nitrogens with zero attached hydrogens (tertiary/aromatic N) is 2. The molecule has 0 atom stereocenters. The van der Waals surface area contributed by atoms with E-state index in [9.17, 15) is 4.79 Å². The van der Waals surface area contributed by atoms with E-state index in [4.69, 9.17) is 14.0 Å². The van der Waals surface area contributed by atoms with Gasteiger partial charge in [-0.1, -0.05) is 23.4 Å². The lowest BCUT2D eigenvalue weighted by molar-refractivity contribution is 0.0652. The first-order chi connectivity index (χ1) is 11.7. The number of rotatable bonds is 4. The largest absolute Gasteiger partial charge is 0.475 e. The number of aromatic carboxylic acids is 1. The maximum absolute atomic E-state index is 10.9. The molecule has 6 heteroatoms. The second-order valence-electron chi connectivity index (χ2n) is 6.22. The number of likely N-dealkylation sites (tertiary alicyclic amines) is 1. The normalized spacial score (nSPS) is 16.7. The summed E-state index contributed by atoms with van der Waals surface area (Å²) in [6.45, 7) is 2.65. The van der Waals surface area contributed by atoms with E-state index in [1.807, 2.05) is 18.2 Å². The Balaban J connectivity index is 1.37. The number of furan rings is 1. The molecule has 1 aliphatic heterocycles. The number of fused-ring (bicyclic) bond motifs is 1. The SMILES string of the molecule is O=C(O)c1cc(C2CCN(Cc3cc4ccccc4o3)CC2)no1. The lowest BCUT2D eigenvalue weighted by Crippen LogP contribution is -2.32. The predicted molar refractivity (Wildman–Crippen MR) is 86.9 cm³/mol. The van der Waals surface area contributed by atoms with E-state index in [0.717, 1.165) is 54.9 Å². The van der Waals surface area contributed by atoms with Crippen LogP contribution in [0.15, 0.2) is 45.3 Å². The van der Waals surface area contributed by atoms with Crippen molar-refractivity contribution in [3.8, 4) is 0 Å². The van der Waals surface area contributed by atoms with Gasteiger partial charge in [-0.2, -0.15) is 0 Å². The van der Waals surface area contributed by atoms with Crippen LogP contribution in [-0.4, -0.2) is 34.2 Å². The standard InChI is InChI=1S/C18H18N2O4/c21-18(22)17-10-15(19-24-17)12-5-7-20(8-6-12)11-14-9-13-3-1-2-4-16(13)23-14/h1-4,9-10,12H,5-8,11H2,(H,21,22). The number of hydrogen-bond donors (Lipinski definition) is 1. The molecular weight excluding hydrogens is 308 g/mol. The highest BCUT2D eigenvalue weighted by molar-refractivity contribution is 5.84. The fraction of sp³-hybridized carbons (Fsp3) is 0.333. The van der Waals surface area contributed by atoms with Crippen LogP contribution in [-0.2, 0) is 6.54 Å². The quantitative estimate of drug-likeness (QED) is 0.790. The van der Waals surface area contributed by atoms with Gasteiger partial charge in [0.15, 0.2) is 0 Å². The van der Waals surface area contributed by atoms with Gasteiger partial charge in [-0.3, -0.25) is 4.90 Å². The molecule has 0 aliphatic carbocycles. The Morgan fingerprint density at radius 2 is 2.04 bits per heavy atom. The zero-order valence-corrected chi connectivity index (χ0v) is 13.1. The zero-order valence-electron chi connectivity index (χ0n) is 13.1. The predicted octanol–water partition coefficient (Wildman–Crippen LogP) is 3.50. The van der Waals surface area contributed by atoms with Gasteiger partial charge in [0.05, 0.1) is 12.2 Å². The van der Waals surface area contributed by atoms with Crippen LogP contribution in [0.3, 0.4) is 0 Å². The molecule has 24 heavy (non-hydrogen) atoms. The highest BCUT2D eigenvalue weighted by Crippen LogP contribution is 2.29. The lowest BCUT2D eigenvalue weighted by Gasteiger charge is -2.30. The Morgan fingerprint density at radius 3 is 2.75 bits per heavy atom. The zero-order chi connectivity index (χ0) is 16.5. The van der Waals surface area contributed by atoms with Crippen molar-refractivity contribution in [2.75, 3.05) is 13.1 Å². The van der Waals surface area contributed by atoms with E-state index >= 15 is 0 Å². The molecule has 0 unspecified atom stereocenters. The number of carbonyl (C=O) groups is 1. The van der Waals surface area contributed by atoms with Gasteiger partial charge in [0, 0.05) is 17.4 Å². The van der Waals surface area contributed by atoms with Gasteiger partial charge in [0.25, 0.3) is 0 Å². The van der Waals surface area contributed by atoms with Crippen molar-refractivity contribution in [2.45, 2.75) is 25.3 Å². The highest BCUT2D eigenvalue weighted by atomic mass is 16.5. The molecule has 1 saturated heterocycles. The fourth-order valence-electron chi connectivity index (χ4n) is 3.30. The summed E-state index contributed by atoms with van der Waals surface area (Å²) in [6.07, 6.45) is 1.87. The van der Waals surface area contributed by atoms with Gasteiger partial charge in [-0.25, -0.2) is 4.79 Å². The first-order valence-corrected chi connectivity index (χ1v) is 8.09. The second kappa shape index (κ2) is 6.13. The van der Waals surface area contributed by atoms with E-state index in [1.165, 1.54) is 0 Å². The van der Waals surface area contributed by atoms with Crippen molar-refractivity contribution >= 4 is 16.9 Å². The van der Waals surface area contributed by atoms with Crippen LogP contribution in [0.1, 0.15) is 40.8 Å². The molecule has 4 rings (SSSR count). The van der Waals surface area contributed by atoms with Crippen molar-refractivity contribution in [1.82, 2.24) is 10.1 Å². The smallest absolute Gasteiger partial charge is 0.374 e. The van der Waals surface area contributed by atoms with Gasteiger partial charge in [0.1, 0.15) is 11.3 Å². The van der Waals surface area contributed by atoms with E-state index in [0.29, 0.717) is 0 Å². The lowest BCUT2D eigenvalue weighted by atomic mass is 9.93. The first-order valence-electron chi connectivity index (χ1n) is 8.09. The van der Waals surface area contributed by atoms with E-state index in [1.54, 1.807) is 6.07 Å². The Hall–Kier alpha value is -2.60. The molecule has 1 fully saturated rings. The maximum atomic E-state index is 10.9. The maximum Gasteiger partial charge on any atom is 0.374 e. The summed E-state index contributed by atoms with van der Waals surface area (Å²) < 4.78 is 10.7. The first kappa shape index (κ1) is 15.0. The van der Waals surface area contributed by atoms with Crippen LogP contribution in [0.4, 0.5) is 0 Å². The summed E-state index contributed by atoms with van der Waals surface area (Å²) >= 11 is 0. The van der Waals surface area contributed by atoms with Crippen LogP contribution in [0.25, 0.3) is 11.0 Å². The molecule has 0 amide bonds. The highest BCUT2D eigenvalue weighted by Gasteiger charge is 2.25. The van der Waals surface area contributed by atoms with Crippen LogP contribution >= 0.6 is 0 Å². The summed E-state index contributed by atoms with van der Waals surface area (Å²) in [7, 11) is 0. The minimum atomic E-state index is -1.07. The number of carboxylic acids is 1. The average Bonchev–Trinajstić information content (AvgIpc) is 3.22.